The first-order valence-electron chi connectivity index (χ1n) is 6.84. The van der Waals surface area contributed by atoms with Gasteiger partial charge in [0.2, 0.25) is 5.91 Å². The van der Waals surface area contributed by atoms with E-state index >= 15 is 0 Å². The summed E-state index contributed by atoms with van der Waals surface area (Å²) in [5, 5.41) is 2.93. The van der Waals surface area contributed by atoms with Crippen molar-refractivity contribution in [3.63, 3.8) is 0 Å². The minimum Gasteiger partial charge on any atom is -0.350 e. The topological polar surface area (TPSA) is 29.1 Å². The molecule has 0 fully saturated rings. The maximum atomic E-state index is 12.9. The minimum atomic E-state index is -0.271. The molecule has 1 unspecified atom stereocenters. The maximum Gasteiger partial charge on any atom is 0.220 e. The summed E-state index contributed by atoms with van der Waals surface area (Å²) in [6.45, 7) is 1.89. The van der Waals surface area contributed by atoms with Gasteiger partial charge in [0.15, 0.2) is 0 Å². The lowest BCUT2D eigenvalue weighted by Gasteiger charge is -2.14. The lowest BCUT2D eigenvalue weighted by atomic mass is 10.1. The molecule has 0 bridgehead atoms. The van der Waals surface area contributed by atoms with Crippen LogP contribution in [0.4, 0.5) is 4.39 Å². The highest BCUT2D eigenvalue weighted by atomic mass is 79.9. The summed E-state index contributed by atoms with van der Waals surface area (Å²) in [7, 11) is 0. The van der Waals surface area contributed by atoms with E-state index in [1.807, 2.05) is 31.2 Å². The van der Waals surface area contributed by atoms with E-state index in [0.717, 1.165) is 15.6 Å². The van der Waals surface area contributed by atoms with Crippen molar-refractivity contribution < 1.29 is 9.18 Å². The summed E-state index contributed by atoms with van der Waals surface area (Å²) >= 11 is 3.41. The maximum absolute atomic E-state index is 12.9. The first-order valence-corrected chi connectivity index (χ1v) is 7.63. The third-order valence-electron chi connectivity index (χ3n) is 3.28. The zero-order valence-corrected chi connectivity index (χ0v) is 13.4. The first kappa shape index (κ1) is 15.7. The van der Waals surface area contributed by atoms with Crippen LogP contribution in [0.1, 0.15) is 30.5 Å². The minimum absolute atomic E-state index is 0.00759. The second-order valence-electron chi connectivity index (χ2n) is 4.97. The van der Waals surface area contributed by atoms with Crippen molar-refractivity contribution in [2.24, 2.45) is 0 Å². The Morgan fingerprint density at radius 1 is 1.24 bits per heavy atom. The Balaban J connectivity index is 1.85. The molecule has 1 atom stereocenters. The van der Waals surface area contributed by atoms with E-state index in [0.29, 0.717) is 12.8 Å². The highest BCUT2D eigenvalue weighted by molar-refractivity contribution is 9.10. The van der Waals surface area contributed by atoms with Gasteiger partial charge in [0, 0.05) is 10.9 Å². The molecule has 21 heavy (non-hydrogen) atoms. The Bertz CT molecular complexity index is 612. The van der Waals surface area contributed by atoms with E-state index in [2.05, 4.69) is 21.2 Å². The molecule has 0 radical (unpaired) electrons. The van der Waals surface area contributed by atoms with Crippen LogP contribution < -0.4 is 5.32 Å². The Morgan fingerprint density at radius 3 is 2.62 bits per heavy atom. The number of carbonyl (C=O) groups excluding carboxylic acids is 1. The molecule has 2 aromatic carbocycles. The highest BCUT2D eigenvalue weighted by Gasteiger charge is 2.09. The molecule has 2 nitrogen and oxygen atoms in total. The lowest BCUT2D eigenvalue weighted by molar-refractivity contribution is -0.121. The molecule has 2 aromatic rings. The second kappa shape index (κ2) is 7.36. The fourth-order valence-electron chi connectivity index (χ4n) is 2.10. The standard InChI is InChI=1S/C17H17BrFNO/c1-12(14-6-8-16(19)9-7-14)20-17(21)10-5-13-3-2-4-15(18)11-13/h2-4,6-9,11-12H,5,10H2,1H3,(H,20,21). The monoisotopic (exact) mass is 349 g/mol. The predicted octanol–water partition coefficient (Wildman–Crippen LogP) is 4.40. The van der Waals surface area contributed by atoms with Gasteiger partial charge < -0.3 is 5.32 Å². The van der Waals surface area contributed by atoms with E-state index in [-0.39, 0.29) is 17.8 Å². The summed E-state index contributed by atoms with van der Waals surface area (Å²) in [5.41, 5.74) is 2.01. The van der Waals surface area contributed by atoms with Gasteiger partial charge in [0.05, 0.1) is 6.04 Å². The van der Waals surface area contributed by atoms with E-state index < -0.39 is 0 Å². The summed E-state index contributed by atoms with van der Waals surface area (Å²) < 4.78 is 13.9. The third-order valence-corrected chi connectivity index (χ3v) is 3.77. The number of amides is 1. The van der Waals surface area contributed by atoms with Gasteiger partial charge in [-0.2, -0.15) is 0 Å². The highest BCUT2D eigenvalue weighted by Crippen LogP contribution is 2.15. The number of halogens is 2. The Labute approximate surface area is 132 Å². The molecule has 1 N–H and O–H groups in total. The number of aryl methyl sites for hydroxylation is 1. The van der Waals surface area contributed by atoms with E-state index in [4.69, 9.17) is 0 Å². The van der Waals surface area contributed by atoms with Crippen LogP contribution in [0.2, 0.25) is 0 Å². The van der Waals surface area contributed by atoms with Crippen LogP contribution in [-0.4, -0.2) is 5.91 Å². The molecule has 0 saturated heterocycles. The molecular weight excluding hydrogens is 333 g/mol. The van der Waals surface area contributed by atoms with Gasteiger partial charge in [0.25, 0.3) is 0 Å². The van der Waals surface area contributed by atoms with Crippen molar-refractivity contribution in [1.29, 1.82) is 0 Å². The van der Waals surface area contributed by atoms with Crippen molar-refractivity contribution in [3.05, 3.63) is 69.9 Å². The van der Waals surface area contributed by atoms with Crippen LogP contribution >= 0.6 is 15.9 Å². The zero-order valence-electron chi connectivity index (χ0n) is 11.8. The van der Waals surface area contributed by atoms with Crippen molar-refractivity contribution in [1.82, 2.24) is 5.32 Å². The SMILES string of the molecule is CC(NC(=O)CCc1cccc(Br)c1)c1ccc(F)cc1. The number of hydrogen-bond donors (Lipinski definition) is 1. The first-order chi connectivity index (χ1) is 10.0. The molecule has 1 amide bonds. The van der Waals surface area contributed by atoms with Crippen molar-refractivity contribution in [2.75, 3.05) is 0 Å². The van der Waals surface area contributed by atoms with Crippen molar-refractivity contribution in [3.8, 4) is 0 Å². The number of benzene rings is 2. The van der Waals surface area contributed by atoms with Gasteiger partial charge in [-0.25, -0.2) is 4.39 Å². The summed E-state index contributed by atoms with van der Waals surface area (Å²) in [4.78, 5) is 12.0. The van der Waals surface area contributed by atoms with E-state index in [1.165, 1.54) is 12.1 Å². The number of nitrogens with one attached hydrogen (secondary N) is 1. The molecule has 0 spiro atoms. The van der Waals surface area contributed by atoms with Crippen LogP contribution in [0, 0.1) is 5.82 Å². The van der Waals surface area contributed by atoms with E-state index in [1.54, 1.807) is 12.1 Å². The number of hydrogen-bond acceptors (Lipinski definition) is 1. The molecule has 110 valence electrons. The van der Waals surface area contributed by atoms with Crippen LogP contribution in [0.3, 0.4) is 0 Å². The zero-order chi connectivity index (χ0) is 15.2. The van der Waals surface area contributed by atoms with Crippen LogP contribution in [0.15, 0.2) is 53.0 Å². The normalized spacial score (nSPS) is 12.0. The van der Waals surface area contributed by atoms with Crippen LogP contribution in [0.25, 0.3) is 0 Å². The van der Waals surface area contributed by atoms with Crippen molar-refractivity contribution in [2.45, 2.75) is 25.8 Å². The largest absolute Gasteiger partial charge is 0.350 e. The van der Waals surface area contributed by atoms with Crippen molar-refractivity contribution >= 4 is 21.8 Å². The molecule has 0 heterocycles. The smallest absolute Gasteiger partial charge is 0.220 e. The number of carbonyl (C=O) groups is 1. The molecule has 0 aliphatic heterocycles. The van der Waals surface area contributed by atoms with Crippen LogP contribution in [-0.2, 0) is 11.2 Å². The van der Waals surface area contributed by atoms with Crippen LogP contribution in [0.5, 0.6) is 0 Å². The fraction of sp³-hybridized carbons (Fsp3) is 0.235. The molecule has 4 heteroatoms. The van der Waals surface area contributed by atoms with Gasteiger partial charge >= 0.3 is 0 Å². The molecular formula is C17H17BrFNO. The van der Waals surface area contributed by atoms with E-state index in [9.17, 15) is 9.18 Å². The Kier molecular flexibility index (Phi) is 5.51. The average molecular weight is 350 g/mol. The Hall–Kier alpha value is -1.68. The molecule has 0 aromatic heterocycles. The van der Waals surface area contributed by atoms with Gasteiger partial charge in [-0.1, -0.05) is 40.2 Å². The molecule has 2 rings (SSSR count). The van der Waals surface area contributed by atoms with Gasteiger partial charge in [0.1, 0.15) is 5.82 Å². The molecule has 0 aliphatic carbocycles. The fourth-order valence-corrected chi connectivity index (χ4v) is 2.55. The molecule has 0 aliphatic rings. The number of rotatable bonds is 5. The summed E-state index contributed by atoms with van der Waals surface area (Å²) in [6.07, 6.45) is 1.13. The predicted molar refractivity (Wildman–Crippen MR) is 85.4 cm³/mol. The van der Waals surface area contributed by atoms with Gasteiger partial charge in [-0.05, 0) is 48.7 Å². The Morgan fingerprint density at radius 2 is 1.95 bits per heavy atom. The molecule has 0 saturated carbocycles. The summed E-state index contributed by atoms with van der Waals surface area (Å²) in [6, 6.07) is 14.0. The second-order valence-corrected chi connectivity index (χ2v) is 5.89. The van der Waals surface area contributed by atoms with Gasteiger partial charge in [-0.15, -0.1) is 0 Å². The van der Waals surface area contributed by atoms with Gasteiger partial charge in [-0.3, -0.25) is 4.79 Å². The summed E-state index contributed by atoms with van der Waals surface area (Å²) in [5.74, 6) is -0.279. The third kappa shape index (κ3) is 4.97. The quantitative estimate of drug-likeness (QED) is 0.851. The lowest BCUT2D eigenvalue weighted by Crippen LogP contribution is -2.26. The average Bonchev–Trinajstić information content (AvgIpc) is 2.46.